The molecule has 0 bridgehead atoms. The average molecular weight is 550 g/mol. The van der Waals surface area contributed by atoms with Gasteiger partial charge in [0.25, 0.3) is 11.8 Å². The van der Waals surface area contributed by atoms with Crippen LogP contribution in [0.4, 0.5) is 17.6 Å². The van der Waals surface area contributed by atoms with Crippen LogP contribution in [-0.2, 0) is 17.9 Å². The van der Waals surface area contributed by atoms with Gasteiger partial charge >= 0.3 is 0 Å². The molecule has 7 nitrogen and oxygen atoms in total. The quantitative estimate of drug-likeness (QED) is 0.196. The third-order valence-corrected chi connectivity index (χ3v) is 6.30. The van der Waals surface area contributed by atoms with Crippen LogP contribution < -0.4 is 0 Å². The van der Waals surface area contributed by atoms with Gasteiger partial charge in [0.1, 0.15) is 24.8 Å². The molecule has 2 aromatic carbocycles. The second kappa shape index (κ2) is 11.4. The summed E-state index contributed by atoms with van der Waals surface area (Å²) in [4.78, 5) is 17.5. The maximum atomic E-state index is 13.7. The van der Waals surface area contributed by atoms with Crippen LogP contribution in [-0.4, -0.2) is 42.4 Å². The van der Waals surface area contributed by atoms with Gasteiger partial charge in [0, 0.05) is 17.5 Å². The van der Waals surface area contributed by atoms with Crippen molar-refractivity contribution >= 4 is 23.2 Å². The van der Waals surface area contributed by atoms with Gasteiger partial charge in [-0.05, 0) is 48.7 Å². The molecule has 3 aromatic rings. The van der Waals surface area contributed by atoms with Gasteiger partial charge in [0.15, 0.2) is 11.6 Å². The number of carbonyl (C=O) groups is 1. The first-order valence-electron chi connectivity index (χ1n) is 11.8. The summed E-state index contributed by atoms with van der Waals surface area (Å²) in [7, 11) is 0. The van der Waals surface area contributed by atoms with Crippen molar-refractivity contribution in [2.75, 3.05) is 0 Å². The van der Waals surface area contributed by atoms with E-state index in [1.54, 1.807) is 24.3 Å². The van der Waals surface area contributed by atoms with E-state index in [0.29, 0.717) is 34.9 Å². The third-order valence-electron chi connectivity index (χ3n) is 6.05. The van der Waals surface area contributed by atoms with Crippen molar-refractivity contribution in [1.82, 2.24) is 19.8 Å². The molecule has 1 unspecified atom stereocenters. The Balaban J connectivity index is 1.57. The summed E-state index contributed by atoms with van der Waals surface area (Å²) in [5, 5.41) is 20.1. The Hall–Kier alpha value is -3.57. The molecule has 1 aliphatic heterocycles. The smallest absolute Gasteiger partial charge is 0.266 e. The molecule has 2 heterocycles. The molecule has 0 spiro atoms. The first-order valence-corrected chi connectivity index (χ1v) is 12.2. The van der Waals surface area contributed by atoms with Crippen LogP contribution in [0.3, 0.4) is 0 Å². The van der Waals surface area contributed by atoms with Gasteiger partial charge in [-0.3, -0.25) is 4.79 Å². The number of hydrogen-bond donors (Lipinski definition) is 1. The number of carbonyl (C=O) groups excluding carboxylic acids is 1. The molecule has 200 valence electrons. The van der Waals surface area contributed by atoms with E-state index in [9.17, 15) is 27.5 Å². The maximum Gasteiger partial charge on any atom is 0.266 e. The number of rotatable bonds is 11. The summed E-state index contributed by atoms with van der Waals surface area (Å²) in [5.41, 5.74) is 1.12. The summed E-state index contributed by atoms with van der Waals surface area (Å²) in [5.74, 6) is -5.61. The predicted octanol–water partition coefficient (Wildman–Crippen LogP) is 5.44. The number of hydrogen-bond acceptors (Lipinski definition) is 5. The maximum absolute atomic E-state index is 13.7. The lowest BCUT2D eigenvalue weighted by Crippen LogP contribution is -2.28. The summed E-state index contributed by atoms with van der Waals surface area (Å²) in [6, 6.07) is 9.51. The Morgan fingerprint density at radius 1 is 1.11 bits per heavy atom. The number of alkyl halides is 2. The molecule has 38 heavy (non-hydrogen) atoms. The highest BCUT2D eigenvalue weighted by Crippen LogP contribution is 2.29. The lowest BCUT2D eigenvalue weighted by Gasteiger charge is -2.15. The molecule has 0 saturated carbocycles. The fourth-order valence-corrected chi connectivity index (χ4v) is 4.30. The van der Waals surface area contributed by atoms with Crippen molar-refractivity contribution in [2.45, 2.75) is 44.8 Å². The number of hydrazone groups is 1. The van der Waals surface area contributed by atoms with E-state index < -0.39 is 30.1 Å². The zero-order valence-corrected chi connectivity index (χ0v) is 20.9. The molecule has 0 aliphatic carbocycles. The topological polar surface area (TPSA) is 83.6 Å². The fraction of sp³-hybridized carbons (Fsp3) is 0.308. The van der Waals surface area contributed by atoms with Crippen molar-refractivity contribution in [2.24, 2.45) is 11.0 Å². The first kappa shape index (κ1) is 27.5. The van der Waals surface area contributed by atoms with Gasteiger partial charge in [-0.15, -0.1) is 5.10 Å². The van der Waals surface area contributed by atoms with Gasteiger partial charge < -0.3 is 5.11 Å². The van der Waals surface area contributed by atoms with E-state index in [0.717, 1.165) is 16.8 Å². The zero-order chi connectivity index (χ0) is 27.4. The molecule has 1 atom stereocenters. The van der Waals surface area contributed by atoms with Crippen LogP contribution in [0.2, 0.25) is 5.02 Å². The highest BCUT2D eigenvalue weighted by Gasteiger charge is 2.37. The largest absolute Gasteiger partial charge is 0.388 e. The normalized spacial score (nSPS) is 15.7. The van der Waals surface area contributed by atoms with Gasteiger partial charge in [0.2, 0.25) is 0 Å². The number of benzene rings is 2. The average Bonchev–Trinajstić information content (AvgIpc) is 3.43. The first-order chi connectivity index (χ1) is 18.1. The molecule has 1 aliphatic rings. The molecule has 1 N–H and O–H groups in total. The Kier molecular flexibility index (Phi) is 8.27. The number of aliphatic hydroxyl groups is 1. The van der Waals surface area contributed by atoms with E-state index in [1.807, 2.05) is 0 Å². The molecule has 12 heteroatoms. The Bertz CT molecular complexity index is 1340. The number of unbranched alkanes of at least 4 members (excludes halogenated alkanes) is 1. The van der Waals surface area contributed by atoms with Gasteiger partial charge in [-0.25, -0.2) is 32.2 Å². The summed E-state index contributed by atoms with van der Waals surface area (Å²) < 4.78 is 55.6. The Morgan fingerprint density at radius 3 is 2.42 bits per heavy atom. The highest BCUT2D eigenvalue weighted by molar-refractivity contribution is 6.30. The monoisotopic (exact) mass is 549 g/mol. The molecular formula is C26H24ClF4N5O2. The summed E-state index contributed by atoms with van der Waals surface area (Å²) in [6.45, 7) is 2.39. The molecule has 4 rings (SSSR count). The van der Waals surface area contributed by atoms with Crippen LogP contribution >= 0.6 is 11.6 Å². The lowest BCUT2D eigenvalue weighted by atomic mass is 9.91. The number of allylic oxidation sites excluding steroid dienone is 1. The highest BCUT2D eigenvalue weighted by atomic mass is 35.5. The standard InChI is InChI=1S/C26H24ClF4N5O2/c1-2-26(30,31)10-4-3-5-21-24(16-6-8-17(27)9-7-16)34-35(25(21)38)14-22-32-23(15-37)36(33-22)20-12-18(28)11-19(29)13-20/h2,6-9,11-13,21,37H,1,3-5,10,14-15H2. The van der Waals surface area contributed by atoms with Crippen LogP contribution in [0.15, 0.2) is 60.2 Å². The van der Waals surface area contributed by atoms with Gasteiger partial charge in [-0.2, -0.15) is 5.10 Å². The molecule has 1 amide bonds. The number of nitrogens with zero attached hydrogens (tertiary/aromatic N) is 5. The van der Waals surface area contributed by atoms with Crippen molar-refractivity contribution in [3.8, 4) is 5.69 Å². The molecular weight excluding hydrogens is 526 g/mol. The van der Waals surface area contributed by atoms with E-state index in [-0.39, 0.29) is 49.1 Å². The predicted molar refractivity (Wildman–Crippen MR) is 133 cm³/mol. The lowest BCUT2D eigenvalue weighted by molar-refractivity contribution is -0.132. The minimum absolute atomic E-state index is 0.0117. The molecule has 0 radical (unpaired) electrons. The second-order valence-corrected chi connectivity index (χ2v) is 9.23. The van der Waals surface area contributed by atoms with Crippen molar-refractivity contribution in [1.29, 1.82) is 0 Å². The number of aliphatic hydroxyl groups excluding tert-OH is 1. The van der Waals surface area contributed by atoms with E-state index in [2.05, 4.69) is 21.8 Å². The summed E-state index contributed by atoms with van der Waals surface area (Å²) >= 11 is 6.00. The number of aromatic nitrogens is 3. The minimum atomic E-state index is -2.97. The Labute approximate surface area is 221 Å². The van der Waals surface area contributed by atoms with Crippen LogP contribution in [0, 0.1) is 17.6 Å². The van der Waals surface area contributed by atoms with Gasteiger partial charge in [-0.1, -0.05) is 36.7 Å². The minimum Gasteiger partial charge on any atom is -0.388 e. The molecule has 0 fully saturated rings. The summed E-state index contributed by atoms with van der Waals surface area (Å²) in [6.07, 6.45) is 1.07. The fourth-order valence-electron chi connectivity index (χ4n) is 4.17. The Morgan fingerprint density at radius 2 is 1.79 bits per heavy atom. The SMILES string of the molecule is C=CC(F)(F)CCCCC1C(=O)N(Cc2nc(CO)n(-c3cc(F)cc(F)c3)n2)N=C1c1ccc(Cl)cc1. The van der Waals surface area contributed by atoms with Crippen LogP contribution in [0.1, 0.15) is 42.9 Å². The van der Waals surface area contributed by atoms with Crippen molar-refractivity contribution < 1.29 is 27.5 Å². The zero-order valence-electron chi connectivity index (χ0n) is 20.1. The number of halogens is 5. The van der Waals surface area contributed by atoms with Crippen LogP contribution in [0.5, 0.6) is 0 Å². The third kappa shape index (κ3) is 6.28. The molecule has 1 aromatic heterocycles. The van der Waals surface area contributed by atoms with E-state index >= 15 is 0 Å². The van der Waals surface area contributed by atoms with Gasteiger partial charge in [0.05, 0.1) is 17.3 Å². The van der Waals surface area contributed by atoms with E-state index in [4.69, 9.17) is 11.6 Å². The van der Waals surface area contributed by atoms with Crippen molar-refractivity contribution in [3.05, 3.63) is 89.0 Å². The number of amides is 1. The molecule has 0 saturated heterocycles. The van der Waals surface area contributed by atoms with Crippen LogP contribution in [0.25, 0.3) is 5.69 Å². The van der Waals surface area contributed by atoms with E-state index in [1.165, 1.54) is 5.01 Å². The second-order valence-electron chi connectivity index (χ2n) is 8.79. The van der Waals surface area contributed by atoms with Crippen molar-refractivity contribution in [3.63, 3.8) is 0 Å².